The van der Waals surface area contributed by atoms with Gasteiger partial charge in [0.25, 0.3) is 0 Å². The molecule has 0 atom stereocenters. The number of fused-ring (bicyclic) bond motifs is 6. The normalized spacial score (nSPS) is 11.5. The van der Waals surface area contributed by atoms with Gasteiger partial charge in [-0.1, -0.05) is 164 Å². The van der Waals surface area contributed by atoms with Crippen molar-refractivity contribution in [2.45, 2.75) is 0 Å². The Labute approximate surface area is 357 Å². The van der Waals surface area contributed by atoms with Crippen molar-refractivity contribution in [3.05, 3.63) is 218 Å². The third-order valence-electron chi connectivity index (χ3n) is 11.8. The first-order chi connectivity index (χ1) is 30.7. The van der Waals surface area contributed by atoms with Crippen LogP contribution in [0.5, 0.6) is 0 Å². The van der Waals surface area contributed by atoms with Gasteiger partial charge in [-0.15, -0.1) is 0 Å². The monoisotopic (exact) mass is 792 g/mol. The lowest BCUT2D eigenvalue weighted by Gasteiger charge is -2.12. The number of para-hydroxylation sites is 2. The molecular weight excluding hydrogens is 757 g/mol. The average molecular weight is 793 g/mol. The van der Waals surface area contributed by atoms with E-state index in [2.05, 4.69) is 156 Å². The Morgan fingerprint density at radius 3 is 1.58 bits per heavy atom. The third-order valence-corrected chi connectivity index (χ3v) is 11.8. The molecule has 62 heavy (non-hydrogen) atoms. The van der Waals surface area contributed by atoms with Crippen molar-refractivity contribution in [1.29, 1.82) is 0 Å². The molecule has 0 amide bonds. The molecule has 3 aromatic heterocycles. The zero-order chi connectivity index (χ0) is 41.0. The molecule has 3 heterocycles. The van der Waals surface area contributed by atoms with Crippen LogP contribution < -0.4 is 0 Å². The van der Waals surface area contributed by atoms with Gasteiger partial charge >= 0.3 is 0 Å². The molecule has 12 rings (SSSR count). The van der Waals surface area contributed by atoms with Crippen molar-refractivity contribution in [2.24, 2.45) is 0 Å². The fraction of sp³-hybridized carbons (Fsp3) is 0. The van der Waals surface area contributed by atoms with Crippen molar-refractivity contribution in [3.63, 3.8) is 0 Å². The maximum atomic E-state index is 6.66. The summed E-state index contributed by atoms with van der Waals surface area (Å²) in [6.45, 7) is 0. The molecule has 5 nitrogen and oxygen atoms in total. The maximum Gasteiger partial charge on any atom is 0.164 e. The number of hydrogen-bond acceptors (Lipinski definition) is 4. The molecule has 0 aliphatic heterocycles. The van der Waals surface area contributed by atoms with Crippen LogP contribution in [0.1, 0.15) is 0 Å². The maximum absolute atomic E-state index is 6.66. The first-order valence-corrected chi connectivity index (χ1v) is 20.8. The molecule has 0 saturated heterocycles. The lowest BCUT2D eigenvalue weighted by molar-refractivity contribution is 0.669. The number of aromatic nitrogens is 4. The van der Waals surface area contributed by atoms with Gasteiger partial charge in [0.2, 0.25) is 0 Å². The lowest BCUT2D eigenvalue weighted by atomic mass is 9.93. The highest BCUT2D eigenvalue weighted by molar-refractivity contribution is 6.16. The second kappa shape index (κ2) is 14.7. The van der Waals surface area contributed by atoms with E-state index in [0.717, 1.165) is 72.1 Å². The molecule has 9 aromatic carbocycles. The van der Waals surface area contributed by atoms with Crippen LogP contribution in [0.15, 0.2) is 223 Å². The predicted octanol–water partition coefficient (Wildman–Crippen LogP) is 14.9. The number of rotatable bonds is 7. The van der Waals surface area contributed by atoms with Crippen molar-refractivity contribution in [2.75, 3.05) is 0 Å². The van der Waals surface area contributed by atoms with Gasteiger partial charge in [-0.3, -0.25) is 0 Å². The highest BCUT2D eigenvalue weighted by Crippen LogP contribution is 2.43. The number of nitrogens with zero attached hydrogens (tertiary/aromatic N) is 4. The minimum atomic E-state index is 0.611. The largest absolute Gasteiger partial charge is 0.456 e. The summed E-state index contributed by atoms with van der Waals surface area (Å²) in [5.41, 5.74) is 14.6. The topological polar surface area (TPSA) is 56.7 Å². The second-order valence-corrected chi connectivity index (χ2v) is 15.6. The molecule has 0 saturated carbocycles. The quantitative estimate of drug-likeness (QED) is 0.161. The van der Waals surface area contributed by atoms with E-state index < -0.39 is 0 Å². The Morgan fingerprint density at radius 1 is 0.306 bits per heavy atom. The standard InChI is InChI=1S/C57H36N4O/c1-5-16-37(17-6-1)41-28-30-46-49-33-42(29-31-50(49)61(51(46)35-41)45-24-11-4-12-25-45)48-34-44(36-53-54(48)47-26-13-14-27-52(47)62-53)40-22-15-23-43(32-40)57-59-55(38-18-7-2-8-19-38)58-56(60-57)39-20-9-3-10-21-39/h1-36H. The van der Waals surface area contributed by atoms with Crippen LogP contribution in [0.3, 0.4) is 0 Å². The molecule has 5 heteroatoms. The van der Waals surface area contributed by atoms with Crippen LogP contribution in [0.4, 0.5) is 0 Å². The molecule has 0 fully saturated rings. The molecule has 12 aromatic rings. The average Bonchev–Trinajstić information content (AvgIpc) is 3.90. The Morgan fingerprint density at radius 2 is 0.871 bits per heavy atom. The Balaban J connectivity index is 1.04. The van der Waals surface area contributed by atoms with Crippen LogP contribution in [-0.4, -0.2) is 19.5 Å². The predicted molar refractivity (Wildman–Crippen MR) is 254 cm³/mol. The molecule has 0 radical (unpaired) electrons. The molecule has 0 bridgehead atoms. The highest BCUT2D eigenvalue weighted by atomic mass is 16.3. The number of benzene rings is 9. The van der Waals surface area contributed by atoms with Gasteiger partial charge in [0.05, 0.1) is 11.0 Å². The zero-order valence-corrected chi connectivity index (χ0v) is 33.5. The summed E-state index contributed by atoms with van der Waals surface area (Å²) in [4.78, 5) is 15.0. The summed E-state index contributed by atoms with van der Waals surface area (Å²) >= 11 is 0. The fourth-order valence-electron chi connectivity index (χ4n) is 8.88. The SMILES string of the molecule is c1ccc(-c2ccc3c4cc(-c5cc(-c6cccc(-c7nc(-c8ccccc8)nc(-c8ccccc8)n7)c6)cc6oc7ccccc7c56)ccc4n(-c4ccccc4)c3c2)cc1. The minimum Gasteiger partial charge on any atom is -0.456 e. The molecule has 0 aliphatic rings. The summed E-state index contributed by atoms with van der Waals surface area (Å²) in [5, 5.41) is 4.57. The molecule has 0 N–H and O–H groups in total. The summed E-state index contributed by atoms with van der Waals surface area (Å²) < 4.78 is 9.05. The van der Waals surface area contributed by atoms with E-state index >= 15 is 0 Å². The van der Waals surface area contributed by atoms with Gasteiger partial charge in [0.1, 0.15) is 11.2 Å². The van der Waals surface area contributed by atoms with E-state index in [4.69, 9.17) is 19.4 Å². The van der Waals surface area contributed by atoms with Crippen LogP contribution in [-0.2, 0) is 0 Å². The van der Waals surface area contributed by atoms with Gasteiger partial charge in [-0.05, 0) is 88.0 Å². The van der Waals surface area contributed by atoms with E-state index in [0.29, 0.717) is 17.5 Å². The van der Waals surface area contributed by atoms with Crippen LogP contribution >= 0.6 is 0 Å². The number of hydrogen-bond donors (Lipinski definition) is 0. The van der Waals surface area contributed by atoms with Crippen molar-refractivity contribution in [3.8, 4) is 73.2 Å². The van der Waals surface area contributed by atoms with E-state index in [1.165, 1.54) is 27.4 Å². The van der Waals surface area contributed by atoms with Crippen molar-refractivity contribution in [1.82, 2.24) is 19.5 Å². The van der Waals surface area contributed by atoms with E-state index in [1.807, 2.05) is 66.7 Å². The molecule has 0 aliphatic carbocycles. The summed E-state index contributed by atoms with van der Waals surface area (Å²) in [5.74, 6) is 1.87. The van der Waals surface area contributed by atoms with E-state index in [-0.39, 0.29) is 0 Å². The molecule has 0 spiro atoms. The fourth-order valence-corrected chi connectivity index (χ4v) is 8.88. The summed E-state index contributed by atoms with van der Waals surface area (Å²) in [6.07, 6.45) is 0. The zero-order valence-electron chi connectivity index (χ0n) is 33.5. The summed E-state index contributed by atoms with van der Waals surface area (Å²) in [7, 11) is 0. The third kappa shape index (κ3) is 6.14. The van der Waals surface area contributed by atoms with Crippen molar-refractivity contribution >= 4 is 43.7 Å². The van der Waals surface area contributed by atoms with Gasteiger partial charge in [0, 0.05) is 43.9 Å². The first-order valence-electron chi connectivity index (χ1n) is 20.8. The van der Waals surface area contributed by atoms with Crippen LogP contribution in [0.2, 0.25) is 0 Å². The first kappa shape index (κ1) is 35.5. The van der Waals surface area contributed by atoms with Gasteiger partial charge in [-0.25, -0.2) is 15.0 Å². The smallest absolute Gasteiger partial charge is 0.164 e. The lowest BCUT2D eigenvalue weighted by Crippen LogP contribution is -2.00. The van der Waals surface area contributed by atoms with Gasteiger partial charge in [0.15, 0.2) is 17.5 Å². The number of furan rings is 1. The Hall–Kier alpha value is -8.41. The van der Waals surface area contributed by atoms with Crippen molar-refractivity contribution < 1.29 is 4.42 Å². The molecular formula is C57H36N4O. The minimum absolute atomic E-state index is 0.611. The highest BCUT2D eigenvalue weighted by Gasteiger charge is 2.20. The Kier molecular flexibility index (Phi) is 8.42. The molecule has 290 valence electrons. The van der Waals surface area contributed by atoms with Gasteiger partial charge < -0.3 is 8.98 Å². The van der Waals surface area contributed by atoms with Gasteiger partial charge in [-0.2, -0.15) is 0 Å². The van der Waals surface area contributed by atoms with E-state index in [9.17, 15) is 0 Å². The van der Waals surface area contributed by atoms with Crippen LogP contribution in [0.25, 0.3) is 117 Å². The second-order valence-electron chi connectivity index (χ2n) is 15.6. The summed E-state index contributed by atoms with van der Waals surface area (Å²) in [6, 6.07) is 76.5. The Bertz CT molecular complexity index is 3560. The van der Waals surface area contributed by atoms with Crippen LogP contribution in [0, 0.1) is 0 Å². The van der Waals surface area contributed by atoms with E-state index in [1.54, 1.807) is 0 Å². The molecule has 0 unspecified atom stereocenters.